The molecule has 1 aromatic rings. The smallest absolute Gasteiger partial charge is 0.405 e. The number of nitrogens with one attached hydrogen (secondary N) is 1. The number of rotatable bonds is 5. The lowest BCUT2D eigenvalue weighted by Gasteiger charge is -2.64. The molecule has 6 atom stereocenters. The number of nitrogens with two attached hydrogens (primary N) is 1. The van der Waals surface area contributed by atoms with Crippen molar-refractivity contribution in [2.75, 3.05) is 0 Å². The first-order valence-corrected chi connectivity index (χ1v) is 10.2. The van der Waals surface area contributed by atoms with Gasteiger partial charge in [-0.3, -0.25) is 4.79 Å². The summed E-state index contributed by atoms with van der Waals surface area (Å²) in [6.07, 6.45) is 3.05. The summed E-state index contributed by atoms with van der Waals surface area (Å²) >= 11 is 0. The third-order valence-corrected chi connectivity index (χ3v) is 7.36. The number of hydrogen-bond donors (Lipinski definition) is 2. The first-order chi connectivity index (χ1) is 12.7. The van der Waals surface area contributed by atoms with Crippen LogP contribution in [0.3, 0.4) is 0 Å². The monoisotopic (exact) mass is 370 g/mol. The summed E-state index contributed by atoms with van der Waals surface area (Å²) < 4.78 is 12.9. The fraction of sp³-hybridized carbons (Fsp3) is 0.667. The van der Waals surface area contributed by atoms with Gasteiger partial charge in [-0.2, -0.15) is 0 Å². The summed E-state index contributed by atoms with van der Waals surface area (Å²) in [4.78, 5) is 12.2. The second-order valence-electron chi connectivity index (χ2n) is 9.39. The van der Waals surface area contributed by atoms with Crippen LogP contribution in [0.4, 0.5) is 0 Å². The Morgan fingerprint density at radius 3 is 2.63 bits per heavy atom. The van der Waals surface area contributed by atoms with Crippen molar-refractivity contribution in [1.82, 2.24) is 5.32 Å². The van der Waals surface area contributed by atoms with Gasteiger partial charge in [0.05, 0.1) is 23.8 Å². The van der Waals surface area contributed by atoms with E-state index in [-0.39, 0.29) is 30.8 Å². The van der Waals surface area contributed by atoms with Gasteiger partial charge >= 0.3 is 7.12 Å². The predicted octanol–water partition coefficient (Wildman–Crippen LogP) is 2.92. The molecule has 1 aliphatic heterocycles. The van der Waals surface area contributed by atoms with Crippen LogP contribution in [0, 0.1) is 17.3 Å². The predicted molar refractivity (Wildman–Crippen MR) is 106 cm³/mol. The van der Waals surface area contributed by atoms with Crippen LogP contribution < -0.4 is 11.1 Å². The molecule has 5 nitrogen and oxygen atoms in total. The van der Waals surface area contributed by atoms with Gasteiger partial charge in [-0.05, 0) is 49.5 Å². The van der Waals surface area contributed by atoms with Gasteiger partial charge in [-0.1, -0.05) is 44.2 Å². The van der Waals surface area contributed by atoms with Crippen LogP contribution in [0.2, 0.25) is 6.32 Å². The number of benzene rings is 1. The molecule has 0 radical (unpaired) electrons. The standard InChI is InChI=1S/C21H31BN2O3/c1-13(23)19(25)24-16(14-8-6-5-7-9-14)12-22-26-18-11-15-10-17(20(15,2)3)21(18,4)27-22/h5-9,13,15-18H,10-12,23H2,1-4H3,(H,24,25)/t13-,15?,16-,17?,18?,21+/m0/s1. The van der Waals surface area contributed by atoms with Gasteiger partial charge < -0.3 is 20.4 Å². The molecule has 3 aliphatic carbocycles. The maximum absolute atomic E-state index is 12.2. The Bertz CT molecular complexity index is 711. The normalized spacial score (nSPS) is 35.7. The number of amides is 1. The average Bonchev–Trinajstić information content (AvgIpc) is 2.97. The fourth-order valence-electron chi connectivity index (χ4n) is 5.51. The molecule has 0 spiro atoms. The molecule has 6 heteroatoms. The third kappa shape index (κ3) is 3.12. The summed E-state index contributed by atoms with van der Waals surface area (Å²) in [5.41, 5.74) is 6.91. The van der Waals surface area contributed by atoms with Crippen LogP contribution in [0.15, 0.2) is 30.3 Å². The third-order valence-electron chi connectivity index (χ3n) is 7.36. The average molecular weight is 370 g/mol. The zero-order chi connectivity index (χ0) is 19.4. The first-order valence-electron chi connectivity index (χ1n) is 10.2. The molecule has 3 N–H and O–H groups in total. The Labute approximate surface area is 162 Å². The van der Waals surface area contributed by atoms with E-state index >= 15 is 0 Å². The molecule has 1 aromatic carbocycles. The van der Waals surface area contributed by atoms with E-state index < -0.39 is 6.04 Å². The Kier molecular flexibility index (Phi) is 4.64. The minimum Gasteiger partial charge on any atom is -0.405 e. The van der Waals surface area contributed by atoms with Crippen LogP contribution in [0.5, 0.6) is 0 Å². The summed E-state index contributed by atoms with van der Waals surface area (Å²) in [5.74, 6) is 1.10. The minimum absolute atomic E-state index is 0.153. The van der Waals surface area contributed by atoms with Gasteiger partial charge in [-0.15, -0.1) is 0 Å². The Morgan fingerprint density at radius 2 is 2.00 bits per heavy atom. The van der Waals surface area contributed by atoms with Crippen LogP contribution in [0.1, 0.15) is 52.1 Å². The maximum Gasteiger partial charge on any atom is 0.460 e. The van der Waals surface area contributed by atoms with Gasteiger partial charge in [0.25, 0.3) is 0 Å². The van der Waals surface area contributed by atoms with Crippen molar-refractivity contribution in [2.24, 2.45) is 23.0 Å². The molecule has 4 aliphatic rings. The zero-order valence-electron chi connectivity index (χ0n) is 16.8. The summed E-state index contributed by atoms with van der Waals surface area (Å²) in [6.45, 7) is 8.64. The number of hydrogen-bond acceptors (Lipinski definition) is 4. The van der Waals surface area contributed by atoms with E-state index in [1.54, 1.807) is 6.92 Å². The van der Waals surface area contributed by atoms with Gasteiger partial charge in [0, 0.05) is 6.32 Å². The van der Waals surface area contributed by atoms with Crippen molar-refractivity contribution >= 4 is 13.0 Å². The highest BCUT2D eigenvalue weighted by Crippen LogP contribution is 2.65. The molecule has 0 aromatic heterocycles. The molecule has 1 saturated heterocycles. The van der Waals surface area contributed by atoms with Crippen molar-refractivity contribution in [3.8, 4) is 0 Å². The van der Waals surface area contributed by atoms with Crippen molar-refractivity contribution < 1.29 is 14.1 Å². The Hall–Kier alpha value is -1.37. The number of carbonyl (C=O) groups excluding carboxylic acids is 1. The molecule has 5 rings (SSSR count). The molecular formula is C21H31BN2O3. The first kappa shape index (κ1) is 19.0. The van der Waals surface area contributed by atoms with E-state index in [0.29, 0.717) is 17.7 Å². The minimum atomic E-state index is -0.547. The molecule has 4 fully saturated rings. The highest BCUT2D eigenvalue weighted by Gasteiger charge is 2.67. The van der Waals surface area contributed by atoms with E-state index in [9.17, 15) is 4.79 Å². The maximum atomic E-state index is 12.2. The summed E-state index contributed by atoms with van der Waals surface area (Å²) in [7, 11) is -0.311. The molecule has 3 unspecified atom stereocenters. The lowest BCUT2D eigenvalue weighted by atomic mass is 9.43. The SMILES string of the molecule is C[C@H](N)C(=O)N[C@@H](CB1OC2CC3CC(C3(C)C)[C@@]2(C)O1)c1ccccc1. The van der Waals surface area contributed by atoms with Crippen molar-refractivity contribution in [3.63, 3.8) is 0 Å². The molecule has 2 bridgehead atoms. The Balaban J connectivity index is 1.50. The zero-order valence-corrected chi connectivity index (χ0v) is 16.8. The second kappa shape index (κ2) is 6.61. The van der Waals surface area contributed by atoms with E-state index in [4.69, 9.17) is 15.0 Å². The van der Waals surface area contributed by atoms with Crippen LogP contribution in [0.25, 0.3) is 0 Å². The highest BCUT2D eigenvalue weighted by atomic mass is 16.7. The van der Waals surface area contributed by atoms with E-state index in [1.165, 1.54) is 6.42 Å². The summed E-state index contributed by atoms with van der Waals surface area (Å²) in [5, 5.41) is 3.07. The topological polar surface area (TPSA) is 73.6 Å². The van der Waals surface area contributed by atoms with Gasteiger partial charge in [-0.25, -0.2) is 0 Å². The van der Waals surface area contributed by atoms with Crippen molar-refractivity contribution in [2.45, 2.75) is 70.6 Å². The molecule has 3 saturated carbocycles. The Morgan fingerprint density at radius 1 is 1.30 bits per heavy atom. The van der Waals surface area contributed by atoms with E-state index in [0.717, 1.165) is 17.9 Å². The highest BCUT2D eigenvalue weighted by molar-refractivity contribution is 6.45. The summed E-state index contributed by atoms with van der Waals surface area (Å²) in [6, 6.07) is 9.26. The van der Waals surface area contributed by atoms with Gasteiger partial charge in [0.1, 0.15) is 0 Å². The lowest BCUT2D eigenvalue weighted by molar-refractivity contribution is -0.199. The van der Waals surface area contributed by atoms with Crippen molar-refractivity contribution in [1.29, 1.82) is 0 Å². The lowest BCUT2D eigenvalue weighted by Crippen LogP contribution is -2.65. The molecular weight excluding hydrogens is 339 g/mol. The van der Waals surface area contributed by atoms with Crippen LogP contribution in [-0.2, 0) is 14.1 Å². The largest absolute Gasteiger partial charge is 0.460 e. The van der Waals surface area contributed by atoms with Crippen LogP contribution in [-0.4, -0.2) is 30.8 Å². The second-order valence-corrected chi connectivity index (χ2v) is 9.39. The van der Waals surface area contributed by atoms with Gasteiger partial charge in [0.2, 0.25) is 5.91 Å². The van der Waals surface area contributed by atoms with E-state index in [2.05, 4.69) is 26.1 Å². The molecule has 1 amide bonds. The van der Waals surface area contributed by atoms with Crippen molar-refractivity contribution in [3.05, 3.63) is 35.9 Å². The van der Waals surface area contributed by atoms with Crippen LogP contribution >= 0.6 is 0 Å². The molecule has 1 heterocycles. The number of carbonyl (C=O) groups is 1. The molecule has 146 valence electrons. The molecule has 27 heavy (non-hydrogen) atoms. The van der Waals surface area contributed by atoms with E-state index in [1.807, 2.05) is 30.3 Å². The fourth-order valence-corrected chi connectivity index (χ4v) is 5.51. The quantitative estimate of drug-likeness (QED) is 0.782. The van der Waals surface area contributed by atoms with Gasteiger partial charge in [0.15, 0.2) is 0 Å².